The molecule has 0 bridgehead atoms. The molecule has 0 radical (unpaired) electrons. The fraction of sp³-hybridized carbons (Fsp3) is 0.900. The SMILES string of the molecule is CC(=O)C(C)(C)C(O)C1(C)CC1. The summed E-state index contributed by atoms with van der Waals surface area (Å²) in [5.74, 6) is 0.0723. The molecule has 12 heavy (non-hydrogen) atoms. The molecule has 1 saturated carbocycles. The maximum absolute atomic E-state index is 11.2. The van der Waals surface area contributed by atoms with Crippen LogP contribution in [0.3, 0.4) is 0 Å². The number of aliphatic hydroxyl groups excluding tert-OH is 1. The van der Waals surface area contributed by atoms with E-state index >= 15 is 0 Å². The van der Waals surface area contributed by atoms with Crippen molar-refractivity contribution in [3.05, 3.63) is 0 Å². The fourth-order valence-corrected chi connectivity index (χ4v) is 1.53. The van der Waals surface area contributed by atoms with Crippen molar-refractivity contribution in [2.24, 2.45) is 10.8 Å². The van der Waals surface area contributed by atoms with Crippen molar-refractivity contribution in [3.8, 4) is 0 Å². The lowest BCUT2D eigenvalue weighted by Gasteiger charge is -2.32. The van der Waals surface area contributed by atoms with Gasteiger partial charge >= 0.3 is 0 Å². The van der Waals surface area contributed by atoms with Crippen LogP contribution in [0.1, 0.15) is 40.5 Å². The van der Waals surface area contributed by atoms with E-state index in [2.05, 4.69) is 0 Å². The molecular weight excluding hydrogens is 152 g/mol. The van der Waals surface area contributed by atoms with Crippen LogP contribution in [0, 0.1) is 10.8 Å². The molecule has 0 aromatic carbocycles. The fourth-order valence-electron chi connectivity index (χ4n) is 1.53. The molecule has 0 aromatic rings. The van der Waals surface area contributed by atoms with Crippen LogP contribution in [0.4, 0.5) is 0 Å². The number of hydrogen-bond acceptors (Lipinski definition) is 2. The normalized spacial score (nSPS) is 23.4. The van der Waals surface area contributed by atoms with E-state index in [-0.39, 0.29) is 11.2 Å². The smallest absolute Gasteiger partial charge is 0.138 e. The Balaban J connectivity index is 2.74. The van der Waals surface area contributed by atoms with Crippen LogP contribution >= 0.6 is 0 Å². The van der Waals surface area contributed by atoms with Gasteiger partial charge in [0.15, 0.2) is 0 Å². The van der Waals surface area contributed by atoms with Gasteiger partial charge in [0.25, 0.3) is 0 Å². The van der Waals surface area contributed by atoms with Crippen LogP contribution in [-0.2, 0) is 4.79 Å². The number of carbonyl (C=O) groups is 1. The number of carbonyl (C=O) groups excluding carboxylic acids is 1. The Morgan fingerprint density at radius 3 is 2.17 bits per heavy atom. The first kappa shape index (κ1) is 9.72. The maximum Gasteiger partial charge on any atom is 0.138 e. The minimum atomic E-state index is -0.578. The zero-order valence-electron chi connectivity index (χ0n) is 8.35. The van der Waals surface area contributed by atoms with Crippen LogP contribution < -0.4 is 0 Å². The molecule has 2 nitrogen and oxygen atoms in total. The summed E-state index contributed by atoms with van der Waals surface area (Å²) in [6.07, 6.45) is 1.61. The monoisotopic (exact) mass is 170 g/mol. The average molecular weight is 170 g/mol. The summed E-state index contributed by atoms with van der Waals surface area (Å²) in [5.41, 5.74) is -0.569. The molecule has 70 valence electrons. The van der Waals surface area contributed by atoms with Gasteiger partial charge in [-0.05, 0) is 25.2 Å². The second-order valence-corrected chi connectivity index (χ2v) is 4.83. The lowest BCUT2D eigenvalue weighted by Crippen LogP contribution is -2.40. The first-order valence-corrected chi connectivity index (χ1v) is 4.50. The van der Waals surface area contributed by atoms with Crippen molar-refractivity contribution in [3.63, 3.8) is 0 Å². The Hall–Kier alpha value is -0.370. The highest BCUT2D eigenvalue weighted by Crippen LogP contribution is 2.52. The average Bonchev–Trinajstić information content (AvgIpc) is 2.67. The molecule has 1 aliphatic rings. The minimum absolute atomic E-state index is 0.00910. The number of aliphatic hydroxyl groups is 1. The number of rotatable bonds is 3. The summed E-state index contributed by atoms with van der Waals surface area (Å²) in [7, 11) is 0. The number of ketones is 1. The molecule has 0 heterocycles. The van der Waals surface area contributed by atoms with E-state index in [0.717, 1.165) is 12.8 Å². The summed E-state index contributed by atoms with van der Waals surface area (Å²) >= 11 is 0. The van der Waals surface area contributed by atoms with E-state index in [1.54, 1.807) is 6.92 Å². The number of hydrogen-bond donors (Lipinski definition) is 1. The third-order valence-electron chi connectivity index (χ3n) is 3.29. The summed E-state index contributed by atoms with van der Waals surface area (Å²) in [4.78, 5) is 11.2. The van der Waals surface area contributed by atoms with Gasteiger partial charge in [0.1, 0.15) is 5.78 Å². The van der Waals surface area contributed by atoms with E-state index in [1.807, 2.05) is 20.8 Å². The van der Waals surface area contributed by atoms with Crippen LogP contribution in [0.2, 0.25) is 0 Å². The third-order valence-corrected chi connectivity index (χ3v) is 3.29. The van der Waals surface area contributed by atoms with Crippen molar-refractivity contribution in [2.75, 3.05) is 0 Å². The van der Waals surface area contributed by atoms with Gasteiger partial charge in [0.2, 0.25) is 0 Å². The molecule has 0 aromatic heterocycles. The van der Waals surface area contributed by atoms with E-state index in [9.17, 15) is 9.90 Å². The Morgan fingerprint density at radius 1 is 1.50 bits per heavy atom. The molecule has 1 aliphatic carbocycles. The second kappa shape index (κ2) is 2.56. The summed E-state index contributed by atoms with van der Waals surface area (Å²) in [5, 5.41) is 9.93. The van der Waals surface area contributed by atoms with Gasteiger partial charge in [-0.15, -0.1) is 0 Å². The standard InChI is InChI=1S/C10H18O2/c1-7(11)9(2,3)8(12)10(4)5-6-10/h8,12H,5-6H2,1-4H3. The van der Waals surface area contributed by atoms with E-state index < -0.39 is 11.5 Å². The van der Waals surface area contributed by atoms with Gasteiger partial charge in [-0.2, -0.15) is 0 Å². The first-order valence-electron chi connectivity index (χ1n) is 4.50. The molecule has 1 atom stereocenters. The molecule has 1 N–H and O–H groups in total. The Kier molecular flexibility index (Phi) is 2.07. The summed E-state index contributed by atoms with van der Waals surface area (Å²) < 4.78 is 0. The molecule has 0 aliphatic heterocycles. The maximum atomic E-state index is 11.2. The lowest BCUT2D eigenvalue weighted by atomic mass is 9.76. The lowest BCUT2D eigenvalue weighted by molar-refractivity contribution is -0.133. The van der Waals surface area contributed by atoms with Gasteiger partial charge in [0.05, 0.1) is 6.10 Å². The predicted octanol–water partition coefficient (Wildman–Crippen LogP) is 1.76. The Bertz CT molecular complexity index is 202. The van der Waals surface area contributed by atoms with Crippen molar-refractivity contribution < 1.29 is 9.90 Å². The van der Waals surface area contributed by atoms with Gasteiger partial charge in [-0.25, -0.2) is 0 Å². The van der Waals surface area contributed by atoms with Gasteiger partial charge in [-0.1, -0.05) is 20.8 Å². The molecule has 2 heteroatoms. The topological polar surface area (TPSA) is 37.3 Å². The molecule has 1 fully saturated rings. The van der Waals surface area contributed by atoms with Crippen molar-refractivity contribution in [1.29, 1.82) is 0 Å². The van der Waals surface area contributed by atoms with Gasteiger partial charge in [0, 0.05) is 5.41 Å². The minimum Gasteiger partial charge on any atom is -0.392 e. The van der Waals surface area contributed by atoms with Crippen molar-refractivity contribution >= 4 is 5.78 Å². The van der Waals surface area contributed by atoms with E-state index in [4.69, 9.17) is 0 Å². The predicted molar refractivity (Wildman–Crippen MR) is 47.8 cm³/mol. The second-order valence-electron chi connectivity index (χ2n) is 4.83. The van der Waals surface area contributed by atoms with Crippen LogP contribution in [0.25, 0.3) is 0 Å². The highest BCUT2D eigenvalue weighted by Gasteiger charge is 2.51. The molecule has 1 rings (SSSR count). The summed E-state index contributed by atoms with van der Waals surface area (Å²) in [6, 6.07) is 0. The highest BCUT2D eigenvalue weighted by molar-refractivity contribution is 5.82. The molecule has 0 saturated heterocycles. The first-order chi connectivity index (χ1) is 5.31. The zero-order chi connectivity index (χ0) is 9.57. The van der Waals surface area contributed by atoms with E-state index in [1.165, 1.54) is 0 Å². The van der Waals surface area contributed by atoms with Crippen LogP contribution in [-0.4, -0.2) is 17.0 Å². The molecule has 1 unspecified atom stereocenters. The Labute approximate surface area is 74.0 Å². The van der Waals surface area contributed by atoms with Gasteiger partial charge < -0.3 is 5.11 Å². The quantitative estimate of drug-likeness (QED) is 0.700. The van der Waals surface area contributed by atoms with Gasteiger partial charge in [-0.3, -0.25) is 4.79 Å². The van der Waals surface area contributed by atoms with Crippen molar-refractivity contribution in [1.82, 2.24) is 0 Å². The summed E-state index contributed by atoms with van der Waals surface area (Å²) in [6.45, 7) is 7.24. The zero-order valence-corrected chi connectivity index (χ0v) is 8.35. The number of Topliss-reactive ketones (excluding diaryl/α,β-unsaturated/α-hetero) is 1. The third kappa shape index (κ3) is 1.40. The largest absolute Gasteiger partial charge is 0.392 e. The molecule has 0 amide bonds. The van der Waals surface area contributed by atoms with Crippen LogP contribution in [0.15, 0.2) is 0 Å². The van der Waals surface area contributed by atoms with Crippen LogP contribution in [0.5, 0.6) is 0 Å². The van der Waals surface area contributed by atoms with E-state index in [0.29, 0.717) is 0 Å². The molecular formula is C10H18O2. The highest BCUT2D eigenvalue weighted by atomic mass is 16.3. The Morgan fingerprint density at radius 2 is 1.92 bits per heavy atom. The van der Waals surface area contributed by atoms with Crippen molar-refractivity contribution in [2.45, 2.75) is 46.6 Å². The molecule has 0 spiro atoms.